The lowest BCUT2D eigenvalue weighted by Crippen LogP contribution is -2.31. The quantitative estimate of drug-likeness (QED) is 0.803. The van der Waals surface area contributed by atoms with Crippen LogP contribution in [-0.4, -0.2) is 35.6 Å². The molecule has 0 aliphatic heterocycles. The normalized spacial score (nSPS) is 9.67. The Morgan fingerprint density at radius 2 is 2.17 bits per heavy atom. The van der Waals surface area contributed by atoms with Gasteiger partial charge in [-0.3, -0.25) is 0 Å². The lowest BCUT2D eigenvalue weighted by molar-refractivity contribution is 0.0697. The summed E-state index contributed by atoms with van der Waals surface area (Å²) >= 11 is 0. The fraction of sp³-hybridized carbons (Fsp3) is 0.231. The number of hydrogen-bond donors (Lipinski definition) is 2. The minimum atomic E-state index is -1.02. The lowest BCUT2D eigenvalue weighted by atomic mass is 10.1. The second-order valence-corrected chi connectivity index (χ2v) is 3.93. The fourth-order valence-electron chi connectivity index (χ4n) is 1.38. The zero-order valence-corrected chi connectivity index (χ0v) is 10.4. The summed E-state index contributed by atoms with van der Waals surface area (Å²) in [4.78, 5) is 24.0. The van der Waals surface area contributed by atoms with Gasteiger partial charge in [0.15, 0.2) is 0 Å². The molecule has 1 rings (SSSR count). The third-order valence-corrected chi connectivity index (χ3v) is 2.48. The van der Waals surface area contributed by atoms with Gasteiger partial charge < -0.3 is 15.3 Å². The van der Waals surface area contributed by atoms with E-state index in [9.17, 15) is 9.59 Å². The molecule has 1 aromatic carbocycles. The smallest absolute Gasteiger partial charge is 0.335 e. The first kappa shape index (κ1) is 13.8. The molecule has 1 aromatic rings. The number of carboxylic acids is 1. The van der Waals surface area contributed by atoms with E-state index in [1.165, 1.54) is 17.0 Å². The molecule has 5 nitrogen and oxygen atoms in total. The number of anilines is 1. The molecule has 0 aliphatic rings. The van der Waals surface area contributed by atoms with E-state index in [2.05, 4.69) is 11.9 Å². The van der Waals surface area contributed by atoms with Crippen LogP contribution in [0, 0.1) is 6.92 Å². The van der Waals surface area contributed by atoms with Crippen molar-refractivity contribution < 1.29 is 14.7 Å². The van der Waals surface area contributed by atoms with E-state index in [0.29, 0.717) is 12.2 Å². The molecule has 5 heteroatoms. The fourth-order valence-corrected chi connectivity index (χ4v) is 1.38. The predicted octanol–water partition coefficient (Wildman–Crippen LogP) is 2.34. The van der Waals surface area contributed by atoms with Gasteiger partial charge in [0.1, 0.15) is 0 Å². The number of carbonyl (C=O) groups excluding carboxylic acids is 1. The summed E-state index contributed by atoms with van der Waals surface area (Å²) in [6.07, 6.45) is 1.61. The third-order valence-electron chi connectivity index (χ3n) is 2.48. The van der Waals surface area contributed by atoms with Crippen LogP contribution in [0.4, 0.5) is 10.5 Å². The molecule has 2 amide bonds. The Morgan fingerprint density at radius 3 is 2.72 bits per heavy atom. The molecular formula is C13H16N2O3. The van der Waals surface area contributed by atoms with Crippen LogP contribution in [-0.2, 0) is 0 Å². The predicted molar refractivity (Wildman–Crippen MR) is 70.0 cm³/mol. The molecule has 2 N–H and O–H groups in total. The molecule has 0 aliphatic carbocycles. The number of hydrogen-bond acceptors (Lipinski definition) is 2. The molecule has 0 heterocycles. The van der Waals surface area contributed by atoms with E-state index >= 15 is 0 Å². The van der Waals surface area contributed by atoms with Gasteiger partial charge in [-0.25, -0.2) is 9.59 Å². The third kappa shape index (κ3) is 3.35. The average molecular weight is 248 g/mol. The van der Waals surface area contributed by atoms with Crippen molar-refractivity contribution in [3.05, 3.63) is 42.0 Å². The number of aryl methyl sites for hydroxylation is 1. The first-order chi connectivity index (χ1) is 8.45. The summed E-state index contributed by atoms with van der Waals surface area (Å²) in [5.74, 6) is -1.02. The van der Waals surface area contributed by atoms with Crippen LogP contribution < -0.4 is 5.32 Å². The summed E-state index contributed by atoms with van der Waals surface area (Å²) in [6.45, 7) is 5.77. The summed E-state index contributed by atoms with van der Waals surface area (Å²) in [5, 5.41) is 11.6. The van der Waals surface area contributed by atoms with Crippen LogP contribution in [0.5, 0.6) is 0 Å². The van der Waals surface area contributed by atoms with Crippen LogP contribution in [0.1, 0.15) is 15.9 Å². The summed E-state index contributed by atoms with van der Waals surface area (Å²) < 4.78 is 0. The molecule has 0 saturated carbocycles. The van der Waals surface area contributed by atoms with Gasteiger partial charge in [-0.1, -0.05) is 12.1 Å². The maximum atomic E-state index is 11.8. The molecule has 0 radical (unpaired) electrons. The van der Waals surface area contributed by atoms with Crippen molar-refractivity contribution in [3.63, 3.8) is 0 Å². The van der Waals surface area contributed by atoms with E-state index in [-0.39, 0.29) is 11.6 Å². The van der Waals surface area contributed by atoms with Gasteiger partial charge >= 0.3 is 12.0 Å². The van der Waals surface area contributed by atoms with Crippen LogP contribution in [0.25, 0.3) is 0 Å². The maximum absolute atomic E-state index is 11.8. The standard InChI is InChI=1S/C13H16N2O3/c1-4-7-15(3)13(18)14-11-8-10(12(16)17)6-5-9(11)2/h4-6,8H,1,7H2,2-3H3,(H,14,18)(H,16,17). The first-order valence-electron chi connectivity index (χ1n) is 5.42. The number of amides is 2. The number of carboxylic acid groups (broad SMARTS) is 1. The molecule has 0 unspecified atom stereocenters. The van der Waals surface area contributed by atoms with E-state index in [4.69, 9.17) is 5.11 Å². The van der Waals surface area contributed by atoms with Gasteiger partial charge in [-0.05, 0) is 24.6 Å². The Balaban J connectivity index is 2.89. The van der Waals surface area contributed by atoms with Gasteiger partial charge in [0, 0.05) is 19.3 Å². The lowest BCUT2D eigenvalue weighted by Gasteiger charge is -2.17. The number of benzene rings is 1. The SMILES string of the molecule is C=CCN(C)C(=O)Nc1cc(C(=O)O)ccc1C. The summed E-state index contributed by atoms with van der Waals surface area (Å²) in [6, 6.07) is 4.30. The van der Waals surface area contributed by atoms with E-state index in [0.717, 1.165) is 5.56 Å². The van der Waals surface area contributed by atoms with Crippen molar-refractivity contribution in [2.45, 2.75) is 6.92 Å². The van der Waals surface area contributed by atoms with Gasteiger partial charge in [-0.15, -0.1) is 6.58 Å². The number of likely N-dealkylation sites (N-methyl/N-ethyl adjacent to an activating group) is 1. The van der Waals surface area contributed by atoms with Gasteiger partial charge in [0.05, 0.1) is 5.56 Å². The Kier molecular flexibility index (Phi) is 4.48. The number of urea groups is 1. The molecule has 0 atom stereocenters. The highest BCUT2D eigenvalue weighted by molar-refractivity contribution is 5.93. The number of carbonyl (C=O) groups is 2. The van der Waals surface area contributed by atoms with Gasteiger partial charge in [0.25, 0.3) is 0 Å². The van der Waals surface area contributed by atoms with Gasteiger partial charge in [-0.2, -0.15) is 0 Å². The zero-order chi connectivity index (χ0) is 13.7. The molecule has 0 bridgehead atoms. The largest absolute Gasteiger partial charge is 0.478 e. The second kappa shape index (κ2) is 5.86. The highest BCUT2D eigenvalue weighted by Gasteiger charge is 2.11. The zero-order valence-electron chi connectivity index (χ0n) is 10.4. The second-order valence-electron chi connectivity index (χ2n) is 3.93. The molecule has 0 spiro atoms. The number of nitrogens with zero attached hydrogens (tertiary/aromatic N) is 1. The maximum Gasteiger partial charge on any atom is 0.335 e. The molecular weight excluding hydrogens is 232 g/mol. The van der Waals surface area contributed by atoms with Crippen LogP contribution in [0.15, 0.2) is 30.9 Å². The van der Waals surface area contributed by atoms with Crippen molar-refractivity contribution in [1.29, 1.82) is 0 Å². The molecule has 0 saturated heterocycles. The highest BCUT2D eigenvalue weighted by atomic mass is 16.4. The number of nitrogens with one attached hydrogen (secondary N) is 1. The van der Waals surface area contributed by atoms with Crippen molar-refractivity contribution in [1.82, 2.24) is 4.90 Å². The Labute approximate surface area is 106 Å². The van der Waals surface area contributed by atoms with E-state index in [1.807, 2.05) is 0 Å². The van der Waals surface area contributed by atoms with Crippen LogP contribution >= 0.6 is 0 Å². The van der Waals surface area contributed by atoms with Gasteiger partial charge in [0.2, 0.25) is 0 Å². The Morgan fingerprint density at radius 1 is 1.50 bits per heavy atom. The molecule has 0 aromatic heterocycles. The number of aromatic carboxylic acids is 1. The average Bonchev–Trinajstić information content (AvgIpc) is 2.31. The van der Waals surface area contributed by atoms with Crippen LogP contribution in [0.2, 0.25) is 0 Å². The molecule has 96 valence electrons. The Hall–Kier alpha value is -2.30. The van der Waals surface area contributed by atoms with Crippen molar-refractivity contribution in [3.8, 4) is 0 Å². The Bertz CT molecular complexity index is 483. The summed E-state index contributed by atoms with van der Waals surface area (Å²) in [5.41, 5.74) is 1.44. The molecule has 18 heavy (non-hydrogen) atoms. The molecule has 0 fully saturated rings. The van der Waals surface area contributed by atoms with Crippen molar-refractivity contribution in [2.24, 2.45) is 0 Å². The van der Waals surface area contributed by atoms with Crippen molar-refractivity contribution >= 4 is 17.7 Å². The number of rotatable bonds is 4. The minimum Gasteiger partial charge on any atom is -0.478 e. The highest BCUT2D eigenvalue weighted by Crippen LogP contribution is 2.17. The minimum absolute atomic E-state index is 0.141. The van der Waals surface area contributed by atoms with Crippen molar-refractivity contribution in [2.75, 3.05) is 18.9 Å². The first-order valence-corrected chi connectivity index (χ1v) is 5.42. The van der Waals surface area contributed by atoms with Crippen LogP contribution in [0.3, 0.4) is 0 Å². The van der Waals surface area contributed by atoms with E-state index in [1.54, 1.807) is 26.1 Å². The monoisotopic (exact) mass is 248 g/mol. The topological polar surface area (TPSA) is 69.6 Å². The summed E-state index contributed by atoms with van der Waals surface area (Å²) in [7, 11) is 1.63. The van der Waals surface area contributed by atoms with E-state index < -0.39 is 5.97 Å².